The van der Waals surface area contributed by atoms with Crippen molar-refractivity contribution < 1.29 is 14.6 Å². The molecule has 1 amide bonds. The first-order valence-electron chi connectivity index (χ1n) is 6.30. The van der Waals surface area contributed by atoms with E-state index in [4.69, 9.17) is 4.74 Å². The van der Waals surface area contributed by atoms with Crippen LogP contribution in [0, 0.1) is 6.92 Å². The van der Waals surface area contributed by atoms with E-state index in [9.17, 15) is 9.90 Å². The molecule has 0 bridgehead atoms. The van der Waals surface area contributed by atoms with E-state index in [1.54, 1.807) is 38.3 Å². The van der Waals surface area contributed by atoms with Crippen LogP contribution >= 0.6 is 0 Å². The molecule has 0 aliphatic rings. The summed E-state index contributed by atoms with van der Waals surface area (Å²) in [6, 6.07) is 12.5. The largest absolute Gasteiger partial charge is 0.507 e. The van der Waals surface area contributed by atoms with Gasteiger partial charge in [-0.1, -0.05) is 30.3 Å². The molecule has 0 heterocycles. The first-order valence-corrected chi connectivity index (χ1v) is 6.30. The maximum absolute atomic E-state index is 12.2. The molecule has 0 saturated heterocycles. The van der Waals surface area contributed by atoms with Gasteiger partial charge >= 0.3 is 0 Å². The van der Waals surface area contributed by atoms with Crippen molar-refractivity contribution in [3.8, 4) is 5.75 Å². The second-order valence-corrected chi connectivity index (χ2v) is 4.52. The minimum Gasteiger partial charge on any atom is -0.507 e. The average molecular weight is 271 g/mol. The molecule has 20 heavy (non-hydrogen) atoms. The fourth-order valence-electron chi connectivity index (χ4n) is 1.96. The molecule has 0 atom stereocenters. The average Bonchev–Trinajstić information content (AvgIpc) is 2.44. The molecule has 0 aromatic heterocycles. The number of carbonyl (C=O) groups excluding carboxylic acids is 1. The molecule has 2 N–H and O–H groups in total. The minimum absolute atomic E-state index is 0.00854. The quantitative estimate of drug-likeness (QED) is 0.898. The zero-order chi connectivity index (χ0) is 14.5. The van der Waals surface area contributed by atoms with Crippen LogP contribution in [-0.2, 0) is 11.3 Å². The predicted molar refractivity (Wildman–Crippen MR) is 78.0 cm³/mol. The summed E-state index contributed by atoms with van der Waals surface area (Å²) >= 11 is 0. The van der Waals surface area contributed by atoms with Crippen molar-refractivity contribution in [3.05, 3.63) is 59.2 Å². The lowest BCUT2D eigenvalue weighted by Gasteiger charge is -2.11. The Labute approximate surface area is 118 Å². The molecule has 0 fully saturated rings. The van der Waals surface area contributed by atoms with Gasteiger partial charge in [0, 0.05) is 18.4 Å². The number of anilines is 1. The lowest BCUT2D eigenvalue weighted by atomic mass is 10.1. The van der Waals surface area contributed by atoms with Crippen LogP contribution in [0.5, 0.6) is 5.75 Å². The van der Waals surface area contributed by atoms with Crippen molar-refractivity contribution in [3.63, 3.8) is 0 Å². The third-order valence-corrected chi connectivity index (χ3v) is 3.05. The standard InChI is InChI=1S/C16H17NO3/c1-11-6-5-8-13(15(11)18)16(19)17-14-9-4-3-7-12(14)10-20-2/h3-9,18H,10H2,1-2H3,(H,17,19). The van der Waals surface area contributed by atoms with Crippen LogP contribution in [0.15, 0.2) is 42.5 Å². The number of methoxy groups -OCH3 is 1. The number of amides is 1. The van der Waals surface area contributed by atoms with Gasteiger partial charge in [-0.25, -0.2) is 0 Å². The fourth-order valence-corrected chi connectivity index (χ4v) is 1.96. The number of phenolic OH excluding ortho intramolecular Hbond substituents is 1. The lowest BCUT2D eigenvalue weighted by Crippen LogP contribution is -2.14. The summed E-state index contributed by atoms with van der Waals surface area (Å²) < 4.78 is 5.10. The lowest BCUT2D eigenvalue weighted by molar-refractivity contribution is 0.102. The van der Waals surface area contributed by atoms with Crippen LogP contribution in [0.25, 0.3) is 0 Å². The molecule has 4 heteroatoms. The first kappa shape index (κ1) is 14.1. The molecule has 0 unspecified atom stereocenters. The third-order valence-electron chi connectivity index (χ3n) is 3.05. The smallest absolute Gasteiger partial charge is 0.259 e. The van der Waals surface area contributed by atoms with Crippen LogP contribution in [-0.4, -0.2) is 18.1 Å². The number of para-hydroxylation sites is 2. The van der Waals surface area contributed by atoms with Gasteiger partial charge in [0.05, 0.1) is 12.2 Å². The Balaban J connectivity index is 2.26. The number of ether oxygens (including phenoxy) is 1. The van der Waals surface area contributed by atoms with E-state index < -0.39 is 0 Å². The molecule has 4 nitrogen and oxygen atoms in total. The Morgan fingerprint density at radius 2 is 1.95 bits per heavy atom. The maximum Gasteiger partial charge on any atom is 0.259 e. The summed E-state index contributed by atoms with van der Waals surface area (Å²) in [5.41, 5.74) is 2.50. The second-order valence-electron chi connectivity index (χ2n) is 4.52. The summed E-state index contributed by atoms with van der Waals surface area (Å²) in [4.78, 5) is 12.2. The fraction of sp³-hybridized carbons (Fsp3) is 0.188. The molecule has 2 rings (SSSR count). The molecule has 0 spiro atoms. The summed E-state index contributed by atoms with van der Waals surface area (Å²) in [6.07, 6.45) is 0. The van der Waals surface area contributed by atoms with Crippen molar-refractivity contribution in [2.45, 2.75) is 13.5 Å². The van der Waals surface area contributed by atoms with Crippen molar-refractivity contribution in [1.82, 2.24) is 0 Å². The molecule has 0 aliphatic heterocycles. The van der Waals surface area contributed by atoms with Crippen molar-refractivity contribution in [2.24, 2.45) is 0 Å². The number of nitrogens with one attached hydrogen (secondary N) is 1. The molecule has 2 aromatic carbocycles. The Kier molecular flexibility index (Phi) is 4.38. The Morgan fingerprint density at radius 1 is 1.20 bits per heavy atom. The first-order chi connectivity index (χ1) is 9.63. The zero-order valence-electron chi connectivity index (χ0n) is 11.5. The van der Waals surface area contributed by atoms with Crippen LogP contribution in [0.1, 0.15) is 21.5 Å². The van der Waals surface area contributed by atoms with Gasteiger partial charge in [-0.2, -0.15) is 0 Å². The molecular weight excluding hydrogens is 254 g/mol. The van der Waals surface area contributed by atoms with Crippen molar-refractivity contribution in [2.75, 3.05) is 12.4 Å². The molecular formula is C16H17NO3. The van der Waals surface area contributed by atoms with E-state index in [1.165, 1.54) is 0 Å². The van der Waals surface area contributed by atoms with Gasteiger partial charge in [-0.05, 0) is 24.6 Å². The number of hydrogen-bond acceptors (Lipinski definition) is 3. The van der Waals surface area contributed by atoms with Gasteiger partial charge in [0.25, 0.3) is 5.91 Å². The molecule has 0 radical (unpaired) electrons. The van der Waals surface area contributed by atoms with E-state index in [-0.39, 0.29) is 17.2 Å². The molecule has 0 saturated carbocycles. The predicted octanol–water partition coefficient (Wildman–Crippen LogP) is 3.10. The topological polar surface area (TPSA) is 58.6 Å². The van der Waals surface area contributed by atoms with Gasteiger partial charge < -0.3 is 15.2 Å². The highest BCUT2D eigenvalue weighted by Crippen LogP contribution is 2.23. The monoisotopic (exact) mass is 271 g/mol. The summed E-state index contributed by atoms with van der Waals surface area (Å²) in [7, 11) is 1.60. The van der Waals surface area contributed by atoms with Gasteiger partial charge in [0.2, 0.25) is 0 Å². The van der Waals surface area contributed by atoms with E-state index in [0.717, 1.165) is 5.56 Å². The van der Waals surface area contributed by atoms with Crippen LogP contribution in [0.2, 0.25) is 0 Å². The van der Waals surface area contributed by atoms with Crippen LogP contribution in [0.4, 0.5) is 5.69 Å². The number of aryl methyl sites for hydroxylation is 1. The van der Waals surface area contributed by atoms with Crippen LogP contribution < -0.4 is 5.32 Å². The number of carbonyl (C=O) groups is 1. The van der Waals surface area contributed by atoms with Crippen molar-refractivity contribution in [1.29, 1.82) is 0 Å². The molecule has 0 aliphatic carbocycles. The van der Waals surface area contributed by atoms with E-state index in [0.29, 0.717) is 17.9 Å². The van der Waals surface area contributed by atoms with Crippen LogP contribution in [0.3, 0.4) is 0 Å². The molecule has 104 valence electrons. The Bertz CT molecular complexity index is 623. The number of rotatable bonds is 4. The molecule has 2 aromatic rings. The zero-order valence-corrected chi connectivity index (χ0v) is 11.5. The van der Waals surface area contributed by atoms with E-state index in [2.05, 4.69) is 5.32 Å². The van der Waals surface area contributed by atoms with E-state index >= 15 is 0 Å². The normalized spacial score (nSPS) is 10.3. The minimum atomic E-state index is -0.338. The number of phenols is 1. The summed E-state index contributed by atoms with van der Waals surface area (Å²) in [5.74, 6) is -0.330. The SMILES string of the molecule is COCc1ccccc1NC(=O)c1cccc(C)c1O. The van der Waals surface area contributed by atoms with Gasteiger partial charge in [-0.15, -0.1) is 0 Å². The number of aromatic hydroxyl groups is 1. The third kappa shape index (κ3) is 2.97. The maximum atomic E-state index is 12.2. The van der Waals surface area contributed by atoms with Gasteiger partial charge in [0.15, 0.2) is 0 Å². The van der Waals surface area contributed by atoms with Gasteiger partial charge in [0.1, 0.15) is 5.75 Å². The highest BCUT2D eigenvalue weighted by atomic mass is 16.5. The highest BCUT2D eigenvalue weighted by molar-refractivity contribution is 6.06. The second kappa shape index (κ2) is 6.21. The van der Waals surface area contributed by atoms with Gasteiger partial charge in [-0.3, -0.25) is 4.79 Å². The Hall–Kier alpha value is -2.33. The summed E-state index contributed by atoms with van der Waals surface area (Å²) in [6.45, 7) is 2.17. The number of benzene rings is 2. The van der Waals surface area contributed by atoms with Crippen molar-refractivity contribution >= 4 is 11.6 Å². The van der Waals surface area contributed by atoms with E-state index in [1.807, 2.05) is 18.2 Å². The highest BCUT2D eigenvalue weighted by Gasteiger charge is 2.13. The summed E-state index contributed by atoms with van der Waals surface area (Å²) in [5, 5.41) is 12.7. The number of hydrogen-bond donors (Lipinski definition) is 2. The Morgan fingerprint density at radius 3 is 2.70 bits per heavy atom.